The number of halogens is 3. The number of rotatable bonds is 4. The molecule has 0 amide bonds. The van der Waals surface area contributed by atoms with E-state index in [0.29, 0.717) is 5.92 Å². The van der Waals surface area contributed by atoms with Crippen LogP contribution in [0.15, 0.2) is 47.2 Å². The molecular formula is C14H12Br2ClN. The maximum atomic E-state index is 6.04. The molecule has 2 rings (SSSR count). The second-order valence-electron chi connectivity index (χ2n) is 4.12. The lowest BCUT2D eigenvalue weighted by molar-refractivity contribution is 0.772. The molecule has 0 radical (unpaired) electrons. The minimum atomic E-state index is 0.403. The molecule has 0 fully saturated rings. The normalized spacial score (nSPS) is 12.4. The predicted molar refractivity (Wildman–Crippen MR) is 83.6 cm³/mol. The van der Waals surface area contributed by atoms with Crippen molar-refractivity contribution in [1.29, 1.82) is 0 Å². The van der Waals surface area contributed by atoms with Gasteiger partial charge >= 0.3 is 0 Å². The van der Waals surface area contributed by atoms with E-state index in [0.717, 1.165) is 21.2 Å². The van der Waals surface area contributed by atoms with Crippen molar-refractivity contribution in [1.82, 2.24) is 4.98 Å². The highest BCUT2D eigenvalue weighted by atomic mass is 79.9. The first kappa shape index (κ1) is 14.0. The van der Waals surface area contributed by atoms with E-state index in [1.807, 2.05) is 24.4 Å². The Bertz CT molecular complexity index is 531. The van der Waals surface area contributed by atoms with Crippen LogP contribution in [0.2, 0.25) is 5.02 Å². The highest BCUT2D eigenvalue weighted by molar-refractivity contribution is 9.10. The molecular weight excluding hydrogens is 377 g/mol. The maximum Gasteiger partial charge on any atom is 0.0410 e. The van der Waals surface area contributed by atoms with Crippen molar-refractivity contribution in [3.63, 3.8) is 0 Å². The standard InChI is InChI=1S/C14H12Br2ClN/c15-7-12(11-2-1-3-14(17)6-11)4-10-5-13(16)9-18-8-10/h1-3,5-6,8-9,12H,4,7H2. The number of hydrogen-bond donors (Lipinski definition) is 0. The van der Waals surface area contributed by atoms with E-state index in [2.05, 4.69) is 49.0 Å². The fraction of sp³-hybridized carbons (Fsp3) is 0.214. The second kappa shape index (κ2) is 6.69. The highest BCUT2D eigenvalue weighted by Gasteiger charge is 2.12. The lowest BCUT2D eigenvalue weighted by Crippen LogP contribution is -2.04. The van der Waals surface area contributed by atoms with E-state index in [-0.39, 0.29) is 0 Å². The van der Waals surface area contributed by atoms with Crippen molar-refractivity contribution >= 4 is 43.5 Å². The molecule has 18 heavy (non-hydrogen) atoms. The molecule has 1 unspecified atom stereocenters. The molecule has 1 atom stereocenters. The summed E-state index contributed by atoms with van der Waals surface area (Å²) in [5.74, 6) is 0.403. The Morgan fingerprint density at radius 2 is 2.06 bits per heavy atom. The topological polar surface area (TPSA) is 12.9 Å². The van der Waals surface area contributed by atoms with Crippen molar-refractivity contribution in [3.05, 3.63) is 63.3 Å². The Morgan fingerprint density at radius 1 is 1.22 bits per heavy atom. The zero-order valence-corrected chi connectivity index (χ0v) is 13.5. The van der Waals surface area contributed by atoms with Gasteiger partial charge in [-0.15, -0.1) is 0 Å². The summed E-state index contributed by atoms with van der Waals surface area (Å²) in [6, 6.07) is 10.1. The Morgan fingerprint density at radius 3 is 2.72 bits per heavy atom. The van der Waals surface area contributed by atoms with Crippen LogP contribution in [0, 0.1) is 0 Å². The SMILES string of the molecule is Clc1cccc(C(CBr)Cc2cncc(Br)c2)c1. The van der Waals surface area contributed by atoms with Crippen LogP contribution in [-0.2, 0) is 6.42 Å². The van der Waals surface area contributed by atoms with Crippen molar-refractivity contribution < 1.29 is 0 Å². The van der Waals surface area contributed by atoms with Crippen molar-refractivity contribution in [2.24, 2.45) is 0 Å². The summed E-state index contributed by atoms with van der Waals surface area (Å²) in [4.78, 5) is 4.19. The fourth-order valence-electron chi connectivity index (χ4n) is 1.87. The predicted octanol–water partition coefficient (Wildman–Crippen LogP) is 5.22. The third kappa shape index (κ3) is 3.81. The quantitative estimate of drug-likeness (QED) is 0.654. The Kier molecular flexibility index (Phi) is 5.22. The van der Waals surface area contributed by atoms with Crippen LogP contribution in [0.25, 0.3) is 0 Å². The van der Waals surface area contributed by atoms with E-state index >= 15 is 0 Å². The minimum absolute atomic E-state index is 0.403. The summed E-state index contributed by atoms with van der Waals surface area (Å²) in [5, 5.41) is 1.69. The van der Waals surface area contributed by atoms with Gasteiger partial charge in [0.2, 0.25) is 0 Å². The second-order valence-corrected chi connectivity index (χ2v) is 6.12. The van der Waals surface area contributed by atoms with Gasteiger partial charge < -0.3 is 0 Å². The Hall–Kier alpha value is -0.380. The monoisotopic (exact) mass is 387 g/mol. The van der Waals surface area contributed by atoms with Crippen LogP contribution < -0.4 is 0 Å². The van der Waals surface area contributed by atoms with Gasteiger partial charge in [-0.1, -0.05) is 39.7 Å². The van der Waals surface area contributed by atoms with Gasteiger partial charge in [0, 0.05) is 27.2 Å². The minimum Gasteiger partial charge on any atom is -0.263 e. The molecule has 2 aromatic rings. The van der Waals surface area contributed by atoms with Crippen LogP contribution in [0.4, 0.5) is 0 Å². The molecule has 0 bridgehead atoms. The van der Waals surface area contributed by atoms with Crippen molar-refractivity contribution in [2.75, 3.05) is 5.33 Å². The summed E-state index contributed by atoms with van der Waals surface area (Å²) in [5.41, 5.74) is 2.47. The number of nitrogens with zero attached hydrogens (tertiary/aromatic N) is 1. The van der Waals surface area contributed by atoms with Gasteiger partial charge in [-0.25, -0.2) is 0 Å². The largest absolute Gasteiger partial charge is 0.263 e. The molecule has 0 spiro atoms. The highest BCUT2D eigenvalue weighted by Crippen LogP contribution is 2.25. The summed E-state index contributed by atoms with van der Waals surface area (Å²) in [6.45, 7) is 0. The Labute approximate surface area is 129 Å². The van der Waals surface area contributed by atoms with Gasteiger partial charge in [-0.3, -0.25) is 4.98 Å². The van der Waals surface area contributed by atoms with E-state index in [9.17, 15) is 0 Å². The van der Waals surface area contributed by atoms with Crippen LogP contribution in [0.5, 0.6) is 0 Å². The van der Waals surface area contributed by atoms with Crippen LogP contribution in [0.1, 0.15) is 17.0 Å². The van der Waals surface area contributed by atoms with Crippen molar-refractivity contribution in [2.45, 2.75) is 12.3 Å². The van der Waals surface area contributed by atoms with Crippen molar-refractivity contribution in [3.8, 4) is 0 Å². The first-order valence-electron chi connectivity index (χ1n) is 5.60. The van der Waals surface area contributed by atoms with Gasteiger partial charge in [0.05, 0.1) is 0 Å². The molecule has 1 nitrogen and oxygen atoms in total. The molecule has 0 aliphatic rings. The van der Waals surface area contributed by atoms with E-state index in [4.69, 9.17) is 11.6 Å². The van der Waals surface area contributed by atoms with Crippen LogP contribution >= 0.6 is 43.5 Å². The molecule has 1 aromatic carbocycles. The van der Waals surface area contributed by atoms with Gasteiger partial charge in [-0.2, -0.15) is 0 Å². The average Bonchev–Trinajstić information content (AvgIpc) is 2.36. The molecule has 0 saturated heterocycles. The van der Waals surface area contributed by atoms with E-state index < -0.39 is 0 Å². The summed E-state index contributed by atoms with van der Waals surface area (Å²) >= 11 is 13.1. The molecule has 4 heteroatoms. The molecule has 1 aromatic heterocycles. The van der Waals surface area contributed by atoms with Gasteiger partial charge in [0.25, 0.3) is 0 Å². The first-order chi connectivity index (χ1) is 8.69. The lowest BCUT2D eigenvalue weighted by Gasteiger charge is -2.15. The summed E-state index contributed by atoms with van der Waals surface area (Å²) < 4.78 is 1.01. The smallest absolute Gasteiger partial charge is 0.0410 e. The third-order valence-corrected chi connectivity index (χ3v) is 4.20. The molecule has 94 valence electrons. The maximum absolute atomic E-state index is 6.04. The van der Waals surface area contributed by atoms with Crippen LogP contribution in [-0.4, -0.2) is 10.3 Å². The average molecular weight is 390 g/mol. The first-order valence-corrected chi connectivity index (χ1v) is 7.89. The van der Waals surface area contributed by atoms with E-state index in [1.165, 1.54) is 11.1 Å². The number of alkyl halides is 1. The molecule has 0 aliphatic carbocycles. The number of pyridine rings is 1. The summed E-state index contributed by atoms with van der Waals surface area (Å²) in [7, 11) is 0. The van der Waals surface area contributed by atoms with Gasteiger partial charge in [0.15, 0.2) is 0 Å². The number of benzene rings is 1. The number of hydrogen-bond acceptors (Lipinski definition) is 1. The molecule has 0 N–H and O–H groups in total. The number of aromatic nitrogens is 1. The van der Waals surface area contributed by atoms with Gasteiger partial charge in [-0.05, 0) is 57.6 Å². The fourth-order valence-corrected chi connectivity index (χ4v) is 3.09. The zero-order valence-electron chi connectivity index (χ0n) is 9.61. The Balaban J connectivity index is 2.19. The molecule has 0 saturated carbocycles. The molecule has 1 heterocycles. The van der Waals surface area contributed by atoms with Gasteiger partial charge in [0.1, 0.15) is 0 Å². The van der Waals surface area contributed by atoms with Crippen LogP contribution in [0.3, 0.4) is 0 Å². The van der Waals surface area contributed by atoms with E-state index in [1.54, 1.807) is 6.20 Å². The zero-order chi connectivity index (χ0) is 13.0. The third-order valence-electron chi connectivity index (χ3n) is 2.75. The molecule has 0 aliphatic heterocycles. The lowest BCUT2D eigenvalue weighted by atomic mass is 9.94. The summed E-state index contributed by atoms with van der Waals surface area (Å²) in [6.07, 6.45) is 4.65.